The fourth-order valence-corrected chi connectivity index (χ4v) is 5.49. The summed E-state index contributed by atoms with van der Waals surface area (Å²) in [6.45, 7) is 9.90. The number of aryl methyl sites for hydroxylation is 4. The van der Waals surface area contributed by atoms with Crippen molar-refractivity contribution in [3.8, 4) is 0 Å². The van der Waals surface area contributed by atoms with Crippen LogP contribution in [0.5, 0.6) is 0 Å². The number of hydrogen-bond acceptors (Lipinski definition) is 1. The van der Waals surface area contributed by atoms with E-state index in [1.165, 1.54) is 39.0 Å². The molecule has 0 atom stereocenters. The highest BCUT2D eigenvalue weighted by molar-refractivity contribution is 7.73. The molecule has 2 heteroatoms. The zero-order valence-corrected chi connectivity index (χ0v) is 14.7. The van der Waals surface area contributed by atoms with E-state index in [9.17, 15) is 0 Å². The van der Waals surface area contributed by atoms with Gasteiger partial charge in [-0.05, 0) is 77.1 Å². The molecule has 2 rings (SSSR count). The van der Waals surface area contributed by atoms with Crippen molar-refractivity contribution in [2.75, 3.05) is 19.8 Å². The van der Waals surface area contributed by atoms with Gasteiger partial charge in [-0.2, -0.15) is 0 Å². The van der Waals surface area contributed by atoms with Gasteiger partial charge in [0.05, 0.1) is 0 Å². The molecule has 2 aromatic rings. The standard InChI is InChI=1S/C19H26NP/c1-14-6-8-18(16(3)12-14)21(11-10-20-5)19-9-7-15(2)13-17(19)4/h6-9,12-13,20H,10-11H2,1-5H3. The molecule has 21 heavy (non-hydrogen) atoms. The van der Waals surface area contributed by atoms with Gasteiger partial charge in [-0.1, -0.05) is 47.5 Å². The molecule has 112 valence electrons. The van der Waals surface area contributed by atoms with Crippen LogP contribution in [0, 0.1) is 27.7 Å². The quantitative estimate of drug-likeness (QED) is 0.832. The van der Waals surface area contributed by atoms with Crippen molar-refractivity contribution in [1.29, 1.82) is 0 Å². The van der Waals surface area contributed by atoms with E-state index in [2.05, 4.69) is 69.4 Å². The summed E-state index contributed by atoms with van der Waals surface area (Å²) in [6.07, 6.45) is 1.19. The van der Waals surface area contributed by atoms with Gasteiger partial charge in [0, 0.05) is 0 Å². The Labute approximate surface area is 130 Å². The third-order valence-electron chi connectivity index (χ3n) is 3.87. The highest BCUT2D eigenvalue weighted by Gasteiger charge is 2.17. The second kappa shape index (κ2) is 7.20. The van der Waals surface area contributed by atoms with Crippen LogP contribution in [0.3, 0.4) is 0 Å². The Kier molecular flexibility index (Phi) is 5.56. The van der Waals surface area contributed by atoms with E-state index in [0.717, 1.165) is 6.54 Å². The third-order valence-corrected chi connectivity index (χ3v) is 6.71. The fraction of sp³-hybridized carbons (Fsp3) is 0.368. The second-order valence-corrected chi connectivity index (χ2v) is 8.10. The Morgan fingerprint density at radius 3 is 1.67 bits per heavy atom. The van der Waals surface area contributed by atoms with Gasteiger partial charge in [0.15, 0.2) is 0 Å². The summed E-state index contributed by atoms with van der Waals surface area (Å²) < 4.78 is 0. The molecule has 0 amide bonds. The Balaban J connectivity index is 2.46. The lowest BCUT2D eigenvalue weighted by atomic mass is 10.2. The molecule has 2 aromatic carbocycles. The van der Waals surface area contributed by atoms with Gasteiger partial charge < -0.3 is 5.32 Å². The Bertz CT molecular complexity index is 567. The van der Waals surface area contributed by atoms with Gasteiger partial charge in [0.2, 0.25) is 0 Å². The summed E-state index contributed by atoms with van der Waals surface area (Å²) in [6, 6.07) is 13.8. The largest absolute Gasteiger partial charge is 0.319 e. The molecular formula is C19H26NP. The average Bonchev–Trinajstić information content (AvgIpc) is 2.42. The number of nitrogens with one attached hydrogen (secondary N) is 1. The van der Waals surface area contributed by atoms with Crippen molar-refractivity contribution in [2.24, 2.45) is 0 Å². The number of rotatable bonds is 5. The van der Waals surface area contributed by atoms with E-state index in [4.69, 9.17) is 0 Å². The lowest BCUT2D eigenvalue weighted by Gasteiger charge is -2.23. The molecule has 0 spiro atoms. The monoisotopic (exact) mass is 299 g/mol. The minimum absolute atomic E-state index is 0.286. The lowest BCUT2D eigenvalue weighted by molar-refractivity contribution is 0.870. The van der Waals surface area contributed by atoms with E-state index in [1.54, 1.807) is 0 Å². The molecule has 0 unspecified atom stereocenters. The van der Waals surface area contributed by atoms with Gasteiger partial charge in [-0.25, -0.2) is 0 Å². The summed E-state index contributed by atoms with van der Waals surface area (Å²) in [5.74, 6) is 0. The Morgan fingerprint density at radius 1 is 0.810 bits per heavy atom. The number of hydrogen-bond donors (Lipinski definition) is 1. The van der Waals surface area contributed by atoms with Crippen molar-refractivity contribution >= 4 is 18.5 Å². The van der Waals surface area contributed by atoms with E-state index in [-0.39, 0.29) is 7.92 Å². The van der Waals surface area contributed by atoms with Crippen molar-refractivity contribution in [3.63, 3.8) is 0 Å². The fourth-order valence-electron chi connectivity index (χ4n) is 2.81. The molecule has 0 bridgehead atoms. The van der Waals surface area contributed by atoms with Crippen LogP contribution in [-0.2, 0) is 0 Å². The van der Waals surface area contributed by atoms with E-state index in [1.807, 2.05) is 7.05 Å². The minimum atomic E-state index is -0.286. The molecule has 1 nitrogen and oxygen atoms in total. The van der Waals surface area contributed by atoms with Crippen LogP contribution < -0.4 is 15.9 Å². The molecule has 1 N–H and O–H groups in total. The smallest absolute Gasteiger partial charge is 0.000647 e. The third kappa shape index (κ3) is 3.93. The van der Waals surface area contributed by atoms with Crippen molar-refractivity contribution in [1.82, 2.24) is 5.32 Å². The average molecular weight is 299 g/mol. The van der Waals surface area contributed by atoms with Gasteiger partial charge in [-0.3, -0.25) is 0 Å². The van der Waals surface area contributed by atoms with Crippen LogP contribution in [0.15, 0.2) is 36.4 Å². The van der Waals surface area contributed by atoms with Crippen LogP contribution >= 0.6 is 7.92 Å². The topological polar surface area (TPSA) is 12.0 Å². The summed E-state index contributed by atoms with van der Waals surface area (Å²) in [4.78, 5) is 0. The van der Waals surface area contributed by atoms with Crippen LogP contribution in [-0.4, -0.2) is 19.8 Å². The normalized spacial score (nSPS) is 11.1. The molecule has 0 saturated heterocycles. The van der Waals surface area contributed by atoms with Crippen LogP contribution in [0.25, 0.3) is 0 Å². The van der Waals surface area contributed by atoms with Crippen molar-refractivity contribution < 1.29 is 0 Å². The van der Waals surface area contributed by atoms with Crippen molar-refractivity contribution in [2.45, 2.75) is 27.7 Å². The summed E-state index contributed by atoms with van der Waals surface area (Å²) in [5.41, 5.74) is 5.55. The van der Waals surface area contributed by atoms with Crippen LogP contribution in [0.1, 0.15) is 22.3 Å². The van der Waals surface area contributed by atoms with Gasteiger partial charge >= 0.3 is 0 Å². The first-order chi connectivity index (χ1) is 10.0. The molecule has 0 aromatic heterocycles. The summed E-state index contributed by atoms with van der Waals surface area (Å²) in [5, 5.41) is 6.37. The molecule has 0 radical (unpaired) electrons. The minimum Gasteiger partial charge on any atom is -0.319 e. The SMILES string of the molecule is CNCCP(c1ccc(C)cc1C)c1ccc(C)cc1C. The van der Waals surface area contributed by atoms with E-state index < -0.39 is 0 Å². The molecule has 0 saturated carbocycles. The maximum absolute atomic E-state index is 3.32. The van der Waals surface area contributed by atoms with E-state index in [0.29, 0.717) is 0 Å². The molecule has 0 aliphatic heterocycles. The van der Waals surface area contributed by atoms with Crippen LogP contribution in [0.2, 0.25) is 0 Å². The van der Waals surface area contributed by atoms with Crippen molar-refractivity contribution in [3.05, 3.63) is 58.7 Å². The Morgan fingerprint density at radius 2 is 1.29 bits per heavy atom. The molecule has 0 aliphatic rings. The molecular weight excluding hydrogens is 273 g/mol. The first-order valence-electron chi connectivity index (χ1n) is 7.59. The zero-order valence-electron chi connectivity index (χ0n) is 13.8. The number of benzene rings is 2. The van der Waals surface area contributed by atoms with E-state index >= 15 is 0 Å². The maximum atomic E-state index is 3.32. The molecule has 0 heterocycles. The zero-order chi connectivity index (χ0) is 15.4. The van der Waals surface area contributed by atoms with Gasteiger partial charge in [-0.15, -0.1) is 0 Å². The van der Waals surface area contributed by atoms with Gasteiger partial charge in [0.25, 0.3) is 0 Å². The molecule has 0 aliphatic carbocycles. The Hall–Kier alpha value is -1.17. The molecule has 0 fully saturated rings. The highest BCUT2D eigenvalue weighted by Crippen LogP contribution is 2.35. The summed E-state index contributed by atoms with van der Waals surface area (Å²) in [7, 11) is 1.75. The predicted octanol–water partition coefficient (Wildman–Crippen LogP) is 3.57. The predicted molar refractivity (Wildman–Crippen MR) is 96.8 cm³/mol. The highest BCUT2D eigenvalue weighted by atomic mass is 31.1. The second-order valence-electron chi connectivity index (χ2n) is 5.84. The first-order valence-corrected chi connectivity index (χ1v) is 9.12. The maximum Gasteiger partial charge on any atom is -0.000647 e. The van der Waals surface area contributed by atoms with Crippen LogP contribution in [0.4, 0.5) is 0 Å². The summed E-state index contributed by atoms with van der Waals surface area (Å²) >= 11 is 0. The lowest BCUT2D eigenvalue weighted by Crippen LogP contribution is -2.23. The first kappa shape index (κ1) is 16.2. The van der Waals surface area contributed by atoms with Gasteiger partial charge in [0.1, 0.15) is 0 Å².